The Morgan fingerprint density at radius 1 is 1.46 bits per heavy atom. The van der Waals surface area contributed by atoms with E-state index in [0.29, 0.717) is 15.6 Å². The molecule has 0 aliphatic rings. The number of nitrogens with zero attached hydrogens (tertiary/aromatic N) is 3. The molecule has 0 radical (unpaired) electrons. The van der Waals surface area contributed by atoms with Gasteiger partial charge in [0.05, 0.1) is 15.6 Å². The minimum absolute atomic E-state index is 0.0187. The van der Waals surface area contributed by atoms with Crippen LogP contribution in [0.5, 0.6) is 6.01 Å². The lowest BCUT2D eigenvalue weighted by Crippen LogP contribution is -2.21. The summed E-state index contributed by atoms with van der Waals surface area (Å²) in [6, 6.07) is 1.48. The molecule has 0 aromatic carbocycles. The molecule has 10 heteroatoms. The predicted octanol–water partition coefficient (Wildman–Crippen LogP) is 3.57. The van der Waals surface area contributed by atoms with Gasteiger partial charge in [-0.3, -0.25) is 4.98 Å². The van der Waals surface area contributed by atoms with Crippen LogP contribution in [-0.2, 0) is 0 Å². The molecular weight excluding hydrogens is 362 g/mol. The molecule has 3 heterocycles. The molecule has 0 bridgehead atoms. The Morgan fingerprint density at radius 3 is 2.79 bits per heavy atom. The Kier molecular flexibility index (Phi) is 4.55. The van der Waals surface area contributed by atoms with E-state index >= 15 is 0 Å². The summed E-state index contributed by atoms with van der Waals surface area (Å²) in [7, 11) is 0. The second-order valence-electron chi connectivity index (χ2n) is 5.34. The topological polar surface area (TPSA) is 72.3 Å². The van der Waals surface area contributed by atoms with Gasteiger partial charge in [-0.2, -0.15) is 14.6 Å². The highest BCUT2D eigenvalue weighted by molar-refractivity contribution is 7.14. The van der Waals surface area contributed by atoms with E-state index in [1.807, 2.05) is 19.2 Å². The van der Waals surface area contributed by atoms with E-state index < -0.39 is 18.7 Å². The van der Waals surface area contributed by atoms with Crippen LogP contribution < -0.4 is 10.4 Å². The van der Waals surface area contributed by atoms with E-state index in [4.69, 9.17) is 16.3 Å². The zero-order chi connectivity index (χ0) is 17.4. The zero-order valence-electron chi connectivity index (χ0n) is 12.7. The zero-order valence-corrected chi connectivity index (χ0v) is 14.3. The number of ether oxygens (including phenoxy) is 1. The van der Waals surface area contributed by atoms with Crippen LogP contribution in [-0.4, -0.2) is 32.6 Å². The highest BCUT2D eigenvalue weighted by atomic mass is 35.5. The summed E-state index contributed by atoms with van der Waals surface area (Å²) >= 11 is 7.34. The molecule has 3 rings (SSSR count). The SMILES string of the molecule is CC(C)c1nn2c(=O)[nH]c(OCC(F)F)nc2c1-c1csc(Cl)c1. The van der Waals surface area contributed by atoms with Gasteiger partial charge in [0.1, 0.15) is 0 Å². The van der Waals surface area contributed by atoms with Crippen molar-refractivity contribution in [3.05, 3.63) is 32.0 Å². The number of aromatic amines is 1. The molecule has 0 aliphatic heterocycles. The molecule has 24 heavy (non-hydrogen) atoms. The quantitative estimate of drug-likeness (QED) is 0.741. The number of H-pyrrole nitrogens is 1. The number of fused-ring (bicyclic) bond motifs is 1. The van der Waals surface area contributed by atoms with Gasteiger partial charge in [0.25, 0.3) is 12.4 Å². The predicted molar refractivity (Wildman–Crippen MR) is 87.5 cm³/mol. The maximum absolute atomic E-state index is 12.3. The summed E-state index contributed by atoms with van der Waals surface area (Å²) in [5.41, 5.74) is 1.69. The minimum atomic E-state index is -2.67. The number of nitrogens with one attached hydrogen (secondary N) is 1. The van der Waals surface area contributed by atoms with Gasteiger partial charge in [0.2, 0.25) is 0 Å². The number of alkyl halides is 2. The Bertz CT molecular complexity index is 935. The first-order chi connectivity index (χ1) is 11.4. The number of rotatable bonds is 5. The van der Waals surface area contributed by atoms with E-state index in [9.17, 15) is 13.6 Å². The van der Waals surface area contributed by atoms with Crippen molar-refractivity contribution in [3.8, 4) is 17.1 Å². The Hall–Kier alpha value is -2.00. The minimum Gasteiger partial charge on any atom is -0.459 e. The lowest BCUT2D eigenvalue weighted by Gasteiger charge is -2.05. The van der Waals surface area contributed by atoms with Gasteiger partial charge < -0.3 is 4.74 Å². The average molecular weight is 375 g/mol. The van der Waals surface area contributed by atoms with Gasteiger partial charge in [-0.1, -0.05) is 25.4 Å². The molecule has 0 amide bonds. The van der Waals surface area contributed by atoms with Crippen molar-refractivity contribution in [1.82, 2.24) is 19.6 Å². The first-order valence-electron chi connectivity index (χ1n) is 7.05. The number of halogens is 3. The smallest absolute Gasteiger partial charge is 0.352 e. The van der Waals surface area contributed by atoms with Crippen LogP contribution in [0.1, 0.15) is 25.5 Å². The summed E-state index contributed by atoms with van der Waals surface area (Å²) in [6.45, 7) is 3.01. The standard InChI is InChI=1S/C14H13ClF2N4O2S/c1-6(2)11-10(7-3-8(15)24-5-7)12-18-13(23-4-9(16)17)19-14(22)21(12)20-11/h3,5-6,9H,4H2,1-2H3,(H,18,19,22). The largest absolute Gasteiger partial charge is 0.459 e. The van der Waals surface area contributed by atoms with Crippen molar-refractivity contribution >= 4 is 28.6 Å². The third-order valence-corrected chi connectivity index (χ3v) is 4.34. The first-order valence-corrected chi connectivity index (χ1v) is 8.31. The maximum Gasteiger partial charge on any atom is 0.352 e. The van der Waals surface area contributed by atoms with Gasteiger partial charge in [-0.25, -0.2) is 13.6 Å². The van der Waals surface area contributed by atoms with Gasteiger partial charge in [0.15, 0.2) is 12.3 Å². The molecule has 1 N–H and O–H groups in total. The Morgan fingerprint density at radius 2 is 2.21 bits per heavy atom. The molecule has 0 unspecified atom stereocenters. The molecule has 0 fully saturated rings. The molecule has 0 spiro atoms. The number of hydrogen-bond donors (Lipinski definition) is 1. The van der Waals surface area contributed by atoms with E-state index in [1.165, 1.54) is 11.3 Å². The lowest BCUT2D eigenvalue weighted by atomic mass is 10.0. The van der Waals surface area contributed by atoms with Crippen molar-refractivity contribution < 1.29 is 13.5 Å². The van der Waals surface area contributed by atoms with Crippen molar-refractivity contribution in [3.63, 3.8) is 0 Å². The highest BCUT2D eigenvalue weighted by Gasteiger charge is 2.22. The van der Waals surface area contributed by atoms with Crippen molar-refractivity contribution in [2.24, 2.45) is 0 Å². The number of thiophene rings is 1. The number of aromatic nitrogens is 4. The van der Waals surface area contributed by atoms with Gasteiger partial charge >= 0.3 is 5.69 Å². The summed E-state index contributed by atoms with van der Waals surface area (Å²) < 4.78 is 31.2. The van der Waals surface area contributed by atoms with Crippen molar-refractivity contribution in [1.29, 1.82) is 0 Å². The lowest BCUT2D eigenvalue weighted by molar-refractivity contribution is 0.0768. The molecule has 0 atom stereocenters. The van der Waals surface area contributed by atoms with Crippen LogP contribution in [0.3, 0.4) is 0 Å². The highest BCUT2D eigenvalue weighted by Crippen LogP contribution is 2.35. The average Bonchev–Trinajstić information content (AvgIpc) is 3.08. The normalized spacial score (nSPS) is 11.8. The molecule has 3 aromatic rings. The van der Waals surface area contributed by atoms with E-state index in [-0.39, 0.29) is 17.6 Å². The molecule has 0 saturated heterocycles. The van der Waals surface area contributed by atoms with E-state index in [2.05, 4.69) is 15.1 Å². The number of hydrogen-bond acceptors (Lipinski definition) is 5. The fraction of sp³-hybridized carbons (Fsp3) is 0.357. The third kappa shape index (κ3) is 3.13. The van der Waals surface area contributed by atoms with Crippen molar-refractivity contribution in [2.45, 2.75) is 26.2 Å². The fourth-order valence-corrected chi connectivity index (χ4v) is 3.14. The van der Waals surface area contributed by atoms with Crippen LogP contribution in [0.15, 0.2) is 16.2 Å². The molecular formula is C14H13ClF2N4O2S. The third-order valence-electron chi connectivity index (χ3n) is 3.25. The van der Waals surface area contributed by atoms with E-state index in [1.54, 1.807) is 6.07 Å². The first kappa shape index (κ1) is 16.8. The summed E-state index contributed by atoms with van der Waals surface area (Å²) in [5, 5.41) is 6.13. The Balaban J connectivity index is 2.22. The van der Waals surface area contributed by atoms with Gasteiger partial charge in [0, 0.05) is 5.38 Å². The summed E-state index contributed by atoms with van der Waals surface area (Å²) in [5.74, 6) is 0.0187. The van der Waals surface area contributed by atoms with Crippen LogP contribution in [0.25, 0.3) is 16.8 Å². The van der Waals surface area contributed by atoms with Crippen LogP contribution >= 0.6 is 22.9 Å². The molecule has 6 nitrogen and oxygen atoms in total. The Labute approximate surface area is 144 Å². The van der Waals surface area contributed by atoms with Crippen LogP contribution in [0, 0.1) is 0 Å². The summed E-state index contributed by atoms with van der Waals surface area (Å²) in [4.78, 5) is 18.6. The molecule has 0 saturated carbocycles. The van der Waals surface area contributed by atoms with E-state index in [0.717, 1.165) is 10.1 Å². The maximum atomic E-state index is 12.3. The second kappa shape index (κ2) is 6.48. The molecule has 128 valence electrons. The molecule has 3 aromatic heterocycles. The van der Waals surface area contributed by atoms with Gasteiger partial charge in [-0.15, -0.1) is 11.3 Å². The molecule has 0 aliphatic carbocycles. The van der Waals surface area contributed by atoms with Gasteiger partial charge in [-0.05, 0) is 17.5 Å². The monoisotopic (exact) mass is 374 g/mol. The van der Waals surface area contributed by atoms with Crippen molar-refractivity contribution in [2.75, 3.05) is 6.61 Å². The summed E-state index contributed by atoms with van der Waals surface area (Å²) in [6.07, 6.45) is -2.67. The van der Waals surface area contributed by atoms with Crippen LogP contribution in [0.4, 0.5) is 8.78 Å². The van der Waals surface area contributed by atoms with Crippen LogP contribution in [0.2, 0.25) is 4.34 Å². The fourth-order valence-electron chi connectivity index (χ4n) is 2.27. The second-order valence-corrected chi connectivity index (χ2v) is 6.88.